The van der Waals surface area contributed by atoms with Crippen LogP contribution in [0.5, 0.6) is 0 Å². The highest BCUT2D eigenvalue weighted by Gasteiger charge is 2.44. The molecule has 1 aliphatic rings. The lowest BCUT2D eigenvalue weighted by Gasteiger charge is -2.34. The summed E-state index contributed by atoms with van der Waals surface area (Å²) >= 11 is 0. The third-order valence-corrected chi connectivity index (χ3v) is 3.84. The number of amides is 1. The van der Waals surface area contributed by atoms with E-state index in [1.807, 2.05) is 24.3 Å². The van der Waals surface area contributed by atoms with Gasteiger partial charge in [-0.05, 0) is 36.3 Å². The van der Waals surface area contributed by atoms with Crippen LogP contribution in [-0.2, 0) is 10.2 Å². The Morgan fingerprint density at radius 3 is 2.42 bits per heavy atom. The van der Waals surface area contributed by atoms with Crippen LogP contribution in [0.1, 0.15) is 45.6 Å². The molecule has 0 aliphatic heterocycles. The molecule has 0 atom stereocenters. The fourth-order valence-electron chi connectivity index (χ4n) is 2.41. The number of carbonyl (C=O) groups is 1. The largest absolute Gasteiger partial charge is 0.324 e. The standard InChI is InChI=1S/C16H20N2O/c1-15(2,3)12-7-4-5-8-13(12)18-14(19)16(11-17)9-6-10-16/h4-5,7-8H,6,9-10H2,1-3H3,(H,18,19). The highest BCUT2D eigenvalue weighted by molar-refractivity contribution is 5.98. The van der Waals surface area contributed by atoms with E-state index < -0.39 is 5.41 Å². The van der Waals surface area contributed by atoms with Crippen LogP contribution in [-0.4, -0.2) is 5.91 Å². The van der Waals surface area contributed by atoms with Gasteiger partial charge in [-0.2, -0.15) is 5.26 Å². The van der Waals surface area contributed by atoms with E-state index in [-0.39, 0.29) is 11.3 Å². The van der Waals surface area contributed by atoms with Crippen molar-refractivity contribution in [2.45, 2.75) is 45.4 Å². The molecule has 19 heavy (non-hydrogen) atoms. The van der Waals surface area contributed by atoms with E-state index in [4.69, 9.17) is 0 Å². The maximum Gasteiger partial charge on any atom is 0.244 e. The maximum atomic E-state index is 12.3. The van der Waals surface area contributed by atoms with E-state index >= 15 is 0 Å². The zero-order chi connectivity index (χ0) is 14.1. The van der Waals surface area contributed by atoms with Crippen molar-refractivity contribution < 1.29 is 4.79 Å². The lowest BCUT2D eigenvalue weighted by molar-refractivity contribution is -0.126. The summed E-state index contributed by atoms with van der Waals surface area (Å²) in [4.78, 5) is 12.3. The van der Waals surface area contributed by atoms with Crippen molar-refractivity contribution in [1.82, 2.24) is 0 Å². The fourth-order valence-corrected chi connectivity index (χ4v) is 2.41. The predicted octanol–water partition coefficient (Wildman–Crippen LogP) is 3.62. The van der Waals surface area contributed by atoms with E-state index in [2.05, 4.69) is 32.2 Å². The van der Waals surface area contributed by atoms with E-state index in [1.165, 1.54) is 0 Å². The van der Waals surface area contributed by atoms with Gasteiger partial charge >= 0.3 is 0 Å². The third kappa shape index (κ3) is 2.49. The molecular weight excluding hydrogens is 236 g/mol. The first-order valence-corrected chi connectivity index (χ1v) is 6.71. The molecule has 0 radical (unpaired) electrons. The number of carbonyl (C=O) groups excluding carboxylic acids is 1. The molecule has 0 unspecified atom stereocenters. The molecule has 0 heterocycles. The molecule has 1 aromatic carbocycles. The third-order valence-electron chi connectivity index (χ3n) is 3.84. The molecule has 100 valence electrons. The van der Waals surface area contributed by atoms with Crippen LogP contribution in [0.3, 0.4) is 0 Å². The summed E-state index contributed by atoms with van der Waals surface area (Å²) in [7, 11) is 0. The summed E-state index contributed by atoms with van der Waals surface area (Å²) in [5.41, 5.74) is 1.08. The molecular formula is C16H20N2O. The summed E-state index contributed by atoms with van der Waals surface area (Å²) in [6.45, 7) is 6.34. The Morgan fingerprint density at radius 1 is 1.32 bits per heavy atom. The monoisotopic (exact) mass is 256 g/mol. The lowest BCUT2D eigenvalue weighted by Crippen LogP contribution is -2.41. The van der Waals surface area contributed by atoms with Gasteiger partial charge in [-0.1, -0.05) is 39.0 Å². The topological polar surface area (TPSA) is 52.9 Å². The molecule has 0 spiro atoms. The van der Waals surface area contributed by atoms with Crippen LogP contribution in [0.2, 0.25) is 0 Å². The second kappa shape index (κ2) is 4.70. The lowest BCUT2D eigenvalue weighted by atomic mass is 9.69. The summed E-state index contributed by atoms with van der Waals surface area (Å²) in [5, 5.41) is 12.2. The number of anilines is 1. The van der Waals surface area contributed by atoms with Crippen LogP contribution >= 0.6 is 0 Å². The van der Waals surface area contributed by atoms with Gasteiger partial charge in [0.25, 0.3) is 0 Å². The van der Waals surface area contributed by atoms with E-state index in [0.717, 1.165) is 17.7 Å². The first-order chi connectivity index (χ1) is 8.89. The van der Waals surface area contributed by atoms with Crippen molar-refractivity contribution in [1.29, 1.82) is 5.26 Å². The second-order valence-corrected chi connectivity index (χ2v) is 6.30. The van der Waals surface area contributed by atoms with Crippen LogP contribution in [0.4, 0.5) is 5.69 Å². The number of para-hydroxylation sites is 1. The molecule has 3 nitrogen and oxygen atoms in total. The molecule has 1 amide bonds. The minimum atomic E-state index is -0.801. The number of hydrogen-bond acceptors (Lipinski definition) is 2. The number of nitrogens with zero attached hydrogens (tertiary/aromatic N) is 1. The maximum absolute atomic E-state index is 12.3. The molecule has 2 rings (SSSR count). The molecule has 0 saturated heterocycles. The van der Waals surface area contributed by atoms with Crippen molar-refractivity contribution >= 4 is 11.6 Å². The Bertz CT molecular complexity index is 530. The predicted molar refractivity (Wildman–Crippen MR) is 75.7 cm³/mol. The quantitative estimate of drug-likeness (QED) is 0.878. The van der Waals surface area contributed by atoms with Gasteiger partial charge < -0.3 is 5.32 Å². The Labute approximate surface area is 114 Å². The molecule has 1 aromatic rings. The molecule has 0 aromatic heterocycles. The molecule has 1 fully saturated rings. The van der Waals surface area contributed by atoms with Crippen LogP contribution < -0.4 is 5.32 Å². The van der Waals surface area contributed by atoms with Crippen LogP contribution in [0.15, 0.2) is 24.3 Å². The second-order valence-electron chi connectivity index (χ2n) is 6.30. The Hall–Kier alpha value is -1.82. The Balaban J connectivity index is 2.25. The number of nitriles is 1. The average molecular weight is 256 g/mol. The van der Waals surface area contributed by atoms with Crippen LogP contribution in [0, 0.1) is 16.7 Å². The minimum absolute atomic E-state index is 0.0384. The first kappa shape index (κ1) is 13.6. The zero-order valence-electron chi connectivity index (χ0n) is 11.8. The number of benzene rings is 1. The molecule has 3 heteroatoms. The van der Waals surface area contributed by atoms with Gasteiger partial charge in [0.2, 0.25) is 5.91 Å². The molecule has 1 saturated carbocycles. The molecule has 1 aliphatic carbocycles. The van der Waals surface area contributed by atoms with Gasteiger partial charge in [0, 0.05) is 5.69 Å². The first-order valence-electron chi connectivity index (χ1n) is 6.71. The van der Waals surface area contributed by atoms with Gasteiger partial charge in [-0.3, -0.25) is 4.79 Å². The minimum Gasteiger partial charge on any atom is -0.324 e. The Morgan fingerprint density at radius 2 is 1.95 bits per heavy atom. The number of hydrogen-bond donors (Lipinski definition) is 1. The number of rotatable bonds is 2. The summed E-state index contributed by atoms with van der Waals surface area (Å²) < 4.78 is 0. The Kier molecular flexibility index (Phi) is 3.36. The molecule has 1 N–H and O–H groups in total. The van der Waals surface area contributed by atoms with Crippen molar-refractivity contribution in [3.8, 4) is 6.07 Å². The van der Waals surface area contributed by atoms with E-state index in [1.54, 1.807) is 0 Å². The van der Waals surface area contributed by atoms with Crippen molar-refractivity contribution in [2.24, 2.45) is 5.41 Å². The van der Waals surface area contributed by atoms with Crippen molar-refractivity contribution in [2.75, 3.05) is 5.32 Å². The van der Waals surface area contributed by atoms with Gasteiger partial charge in [0.05, 0.1) is 6.07 Å². The summed E-state index contributed by atoms with van der Waals surface area (Å²) in [6.07, 6.45) is 2.31. The van der Waals surface area contributed by atoms with E-state index in [0.29, 0.717) is 12.8 Å². The van der Waals surface area contributed by atoms with Crippen LogP contribution in [0.25, 0.3) is 0 Å². The smallest absolute Gasteiger partial charge is 0.244 e. The number of nitrogens with one attached hydrogen (secondary N) is 1. The summed E-state index contributed by atoms with van der Waals surface area (Å²) in [6, 6.07) is 9.99. The van der Waals surface area contributed by atoms with E-state index in [9.17, 15) is 10.1 Å². The van der Waals surface area contributed by atoms with Gasteiger partial charge in [-0.25, -0.2) is 0 Å². The fraction of sp³-hybridized carbons (Fsp3) is 0.500. The van der Waals surface area contributed by atoms with Gasteiger partial charge in [0.1, 0.15) is 5.41 Å². The zero-order valence-corrected chi connectivity index (χ0v) is 11.8. The average Bonchev–Trinajstić information content (AvgIpc) is 2.27. The molecule has 0 bridgehead atoms. The normalized spacial score (nSPS) is 17.2. The van der Waals surface area contributed by atoms with Gasteiger partial charge in [-0.15, -0.1) is 0 Å². The highest BCUT2D eigenvalue weighted by atomic mass is 16.2. The van der Waals surface area contributed by atoms with Gasteiger partial charge in [0.15, 0.2) is 0 Å². The highest BCUT2D eigenvalue weighted by Crippen LogP contribution is 2.41. The van der Waals surface area contributed by atoms with Crippen molar-refractivity contribution in [3.63, 3.8) is 0 Å². The summed E-state index contributed by atoms with van der Waals surface area (Å²) in [5.74, 6) is -0.155. The SMILES string of the molecule is CC(C)(C)c1ccccc1NC(=O)C1(C#N)CCC1. The van der Waals surface area contributed by atoms with Crippen molar-refractivity contribution in [3.05, 3.63) is 29.8 Å².